The first-order valence-electron chi connectivity index (χ1n) is 11.2. The van der Waals surface area contributed by atoms with Crippen LogP contribution in [0.5, 0.6) is 0 Å². The molecule has 0 radical (unpaired) electrons. The molecule has 4 heteroatoms. The Morgan fingerprint density at radius 3 is 2.34 bits per heavy atom. The quantitative estimate of drug-likeness (QED) is 0.674. The molecule has 4 bridgehead atoms. The first-order valence-corrected chi connectivity index (χ1v) is 11.2. The predicted octanol–water partition coefficient (Wildman–Crippen LogP) is 5.26. The number of oxazole rings is 1. The zero-order valence-corrected chi connectivity index (χ0v) is 17.7. The lowest BCUT2D eigenvalue weighted by molar-refractivity contribution is -0.135. The topological polar surface area (TPSA) is 46.3 Å². The molecule has 1 aromatic carbocycles. The van der Waals surface area contributed by atoms with Gasteiger partial charge in [-0.25, -0.2) is 4.98 Å². The minimum atomic E-state index is 0.218. The van der Waals surface area contributed by atoms with Gasteiger partial charge in [-0.3, -0.25) is 4.79 Å². The summed E-state index contributed by atoms with van der Waals surface area (Å²) >= 11 is 0. The Balaban J connectivity index is 1.17. The van der Waals surface area contributed by atoms with Crippen LogP contribution in [0.4, 0.5) is 0 Å². The largest absolute Gasteiger partial charge is 0.441 e. The van der Waals surface area contributed by atoms with Crippen LogP contribution in [0.15, 0.2) is 34.9 Å². The summed E-state index contributed by atoms with van der Waals surface area (Å²) in [6.45, 7) is 3.01. The van der Waals surface area contributed by atoms with E-state index in [4.69, 9.17) is 4.42 Å². The first kappa shape index (κ1) is 18.9. The Bertz CT molecular complexity index is 847. The van der Waals surface area contributed by atoms with Crippen molar-refractivity contribution in [3.8, 4) is 11.3 Å². The molecule has 4 aliphatic carbocycles. The van der Waals surface area contributed by atoms with E-state index in [2.05, 4.69) is 24.0 Å². The highest BCUT2D eigenvalue weighted by molar-refractivity contribution is 5.76. The maximum atomic E-state index is 12.8. The van der Waals surface area contributed by atoms with Crippen molar-refractivity contribution in [2.24, 2.45) is 23.2 Å². The minimum absolute atomic E-state index is 0.218. The molecule has 2 aromatic rings. The van der Waals surface area contributed by atoms with Gasteiger partial charge in [0.05, 0.1) is 6.20 Å². The second-order valence-electron chi connectivity index (χ2n) is 10.2. The van der Waals surface area contributed by atoms with Crippen molar-refractivity contribution in [1.29, 1.82) is 0 Å². The number of aryl methyl sites for hydroxylation is 2. The zero-order valence-electron chi connectivity index (χ0n) is 17.7. The van der Waals surface area contributed by atoms with Gasteiger partial charge in [-0.15, -0.1) is 0 Å². The molecule has 0 saturated heterocycles. The average molecular weight is 393 g/mol. The number of hydrogen-bond donors (Lipinski definition) is 0. The third-order valence-corrected chi connectivity index (χ3v) is 7.61. The van der Waals surface area contributed by atoms with E-state index >= 15 is 0 Å². The normalized spacial score (nSPS) is 29.9. The van der Waals surface area contributed by atoms with Crippen LogP contribution in [0.3, 0.4) is 0 Å². The van der Waals surface area contributed by atoms with Crippen molar-refractivity contribution in [2.75, 3.05) is 13.6 Å². The van der Waals surface area contributed by atoms with Crippen LogP contribution in [0.25, 0.3) is 11.3 Å². The number of amides is 1. The number of carbonyl (C=O) groups excluding carboxylic acids is 1. The molecule has 0 spiro atoms. The Morgan fingerprint density at radius 2 is 1.72 bits per heavy atom. The summed E-state index contributed by atoms with van der Waals surface area (Å²) in [4.78, 5) is 19.2. The molecule has 4 fully saturated rings. The SMILES string of the molecule is Cc1ccc(-c2cnc(CCC(=O)N(C)CC34CC5CC(CC(C5)C3)C4)o2)cc1. The predicted molar refractivity (Wildman–Crippen MR) is 113 cm³/mol. The lowest BCUT2D eigenvalue weighted by atomic mass is 9.49. The van der Waals surface area contributed by atoms with E-state index in [9.17, 15) is 4.79 Å². The van der Waals surface area contributed by atoms with Gasteiger partial charge in [-0.2, -0.15) is 0 Å². The van der Waals surface area contributed by atoms with Crippen LogP contribution in [0.1, 0.15) is 56.4 Å². The van der Waals surface area contributed by atoms with Gasteiger partial charge in [-0.05, 0) is 68.6 Å². The Kier molecular flexibility index (Phi) is 4.76. The Hall–Kier alpha value is -2.10. The number of hydrogen-bond acceptors (Lipinski definition) is 3. The van der Waals surface area contributed by atoms with E-state index in [-0.39, 0.29) is 5.91 Å². The monoisotopic (exact) mass is 392 g/mol. The maximum absolute atomic E-state index is 12.8. The van der Waals surface area contributed by atoms with Crippen LogP contribution >= 0.6 is 0 Å². The number of nitrogens with zero attached hydrogens (tertiary/aromatic N) is 2. The molecule has 1 heterocycles. The second kappa shape index (κ2) is 7.30. The number of aromatic nitrogens is 1. The maximum Gasteiger partial charge on any atom is 0.222 e. The van der Waals surface area contributed by atoms with Gasteiger partial charge in [0, 0.05) is 32.0 Å². The van der Waals surface area contributed by atoms with Gasteiger partial charge in [0.25, 0.3) is 0 Å². The molecular formula is C25H32N2O2. The molecule has 4 aliphatic rings. The van der Waals surface area contributed by atoms with Crippen LogP contribution in [0.2, 0.25) is 0 Å². The summed E-state index contributed by atoms with van der Waals surface area (Å²) in [5.74, 6) is 4.43. The zero-order chi connectivity index (χ0) is 20.0. The van der Waals surface area contributed by atoms with E-state index < -0.39 is 0 Å². The summed E-state index contributed by atoms with van der Waals surface area (Å²) in [5.41, 5.74) is 2.65. The van der Waals surface area contributed by atoms with Gasteiger partial charge in [0.1, 0.15) is 0 Å². The van der Waals surface area contributed by atoms with Crippen molar-refractivity contribution in [1.82, 2.24) is 9.88 Å². The van der Waals surface area contributed by atoms with Crippen molar-refractivity contribution >= 4 is 5.91 Å². The van der Waals surface area contributed by atoms with Gasteiger partial charge in [0.2, 0.25) is 5.91 Å². The minimum Gasteiger partial charge on any atom is -0.441 e. The fraction of sp³-hybridized carbons (Fsp3) is 0.600. The Labute approximate surface area is 173 Å². The van der Waals surface area contributed by atoms with E-state index in [1.807, 2.05) is 24.1 Å². The molecular weight excluding hydrogens is 360 g/mol. The van der Waals surface area contributed by atoms with Crippen molar-refractivity contribution in [3.63, 3.8) is 0 Å². The summed E-state index contributed by atoms with van der Waals surface area (Å²) in [6, 6.07) is 8.23. The van der Waals surface area contributed by atoms with Gasteiger partial charge < -0.3 is 9.32 Å². The number of carbonyl (C=O) groups is 1. The number of rotatable bonds is 6. The first-order chi connectivity index (χ1) is 14.0. The molecule has 0 atom stereocenters. The molecule has 1 aromatic heterocycles. The lowest BCUT2D eigenvalue weighted by Crippen LogP contribution is -2.51. The molecule has 0 N–H and O–H groups in total. The highest BCUT2D eigenvalue weighted by Crippen LogP contribution is 2.60. The van der Waals surface area contributed by atoms with E-state index in [1.165, 1.54) is 44.1 Å². The molecule has 4 saturated carbocycles. The number of benzene rings is 1. The summed E-state index contributed by atoms with van der Waals surface area (Å²) in [5, 5.41) is 0. The van der Waals surface area contributed by atoms with E-state index in [1.54, 1.807) is 6.20 Å². The van der Waals surface area contributed by atoms with Crippen molar-refractivity contribution < 1.29 is 9.21 Å². The van der Waals surface area contributed by atoms with Crippen LogP contribution in [-0.2, 0) is 11.2 Å². The summed E-state index contributed by atoms with van der Waals surface area (Å²) in [7, 11) is 1.99. The summed E-state index contributed by atoms with van der Waals surface area (Å²) in [6.07, 6.45) is 11.2. The molecule has 0 unspecified atom stereocenters. The average Bonchev–Trinajstić information content (AvgIpc) is 3.14. The fourth-order valence-corrected chi connectivity index (χ4v) is 6.76. The Morgan fingerprint density at radius 1 is 1.10 bits per heavy atom. The molecule has 1 amide bonds. The van der Waals surface area contributed by atoms with Crippen LogP contribution in [-0.4, -0.2) is 29.4 Å². The smallest absolute Gasteiger partial charge is 0.222 e. The fourth-order valence-electron chi connectivity index (χ4n) is 6.76. The van der Waals surface area contributed by atoms with Crippen LogP contribution in [0, 0.1) is 30.1 Å². The molecule has 4 nitrogen and oxygen atoms in total. The molecule has 29 heavy (non-hydrogen) atoms. The van der Waals surface area contributed by atoms with Gasteiger partial charge in [0.15, 0.2) is 11.7 Å². The van der Waals surface area contributed by atoms with E-state index in [0.29, 0.717) is 24.1 Å². The highest BCUT2D eigenvalue weighted by atomic mass is 16.4. The lowest BCUT2D eigenvalue weighted by Gasteiger charge is -2.57. The van der Waals surface area contributed by atoms with E-state index in [0.717, 1.165) is 35.6 Å². The van der Waals surface area contributed by atoms with Crippen molar-refractivity contribution in [3.05, 3.63) is 41.9 Å². The highest BCUT2D eigenvalue weighted by Gasteiger charge is 2.51. The van der Waals surface area contributed by atoms with Gasteiger partial charge >= 0.3 is 0 Å². The third-order valence-electron chi connectivity index (χ3n) is 7.61. The second-order valence-corrected chi connectivity index (χ2v) is 10.2. The van der Waals surface area contributed by atoms with Crippen LogP contribution < -0.4 is 0 Å². The standard InChI is InChI=1S/C25H32N2O2/c1-17-3-5-21(6-4-17)22-15-26-23(29-22)7-8-24(28)27(2)16-25-12-18-9-19(13-25)11-20(10-18)14-25/h3-6,15,18-20H,7-14,16H2,1-2H3. The third kappa shape index (κ3) is 3.86. The van der Waals surface area contributed by atoms with Gasteiger partial charge in [-0.1, -0.05) is 29.8 Å². The molecule has 0 aliphatic heterocycles. The summed E-state index contributed by atoms with van der Waals surface area (Å²) < 4.78 is 5.89. The molecule has 154 valence electrons. The van der Waals surface area contributed by atoms with Crippen molar-refractivity contribution in [2.45, 2.75) is 58.3 Å². The molecule has 6 rings (SSSR count).